The van der Waals surface area contributed by atoms with E-state index in [1.54, 1.807) is 7.11 Å². The summed E-state index contributed by atoms with van der Waals surface area (Å²) in [5, 5.41) is 6.62. The monoisotopic (exact) mass is 407 g/mol. The van der Waals surface area contributed by atoms with Crippen LogP contribution in [0.4, 0.5) is 5.69 Å². The van der Waals surface area contributed by atoms with Crippen LogP contribution in [0.15, 0.2) is 36.4 Å². The first-order valence-corrected chi connectivity index (χ1v) is 10.3. The average molecular weight is 408 g/mol. The Morgan fingerprint density at radius 2 is 1.93 bits per heavy atom. The zero-order valence-electron chi connectivity index (χ0n) is 15.9. The summed E-state index contributed by atoms with van der Waals surface area (Å²) in [6.07, 6.45) is 1.08. The van der Waals surface area contributed by atoms with Gasteiger partial charge < -0.3 is 15.0 Å². The van der Waals surface area contributed by atoms with E-state index in [0.29, 0.717) is 5.88 Å². The van der Waals surface area contributed by atoms with Crippen molar-refractivity contribution in [2.75, 3.05) is 44.5 Å². The summed E-state index contributed by atoms with van der Waals surface area (Å²) >= 11 is 12.1. The lowest BCUT2D eigenvalue weighted by Crippen LogP contribution is -3.12. The molecule has 2 aromatic carbocycles. The standard InChI is InChI=1S/C21H25Cl2N3O/c1-3-26(12-9-22)11-4-10-24-21-17-7-5-15(23)13-20(17)25-19-8-6-16(27-2)14-18(19)21/h5-8,13-14H,3-4,9-12H2,1-2H3,(H,24,25)/p+2. The smallest absolute Gasteiger partial charge is 0.214 e. The Hall–Kier alpha value is -1.75. The Balaban J connectivity index is 1.90. The van der Waals surface area contributed by atoms with E-state index in [1.165, 1.54) is 4.90 Å². The van der Waals surface area contributed by atoms with Crippen LogP contribution in [0.3, 0.4) is 0 Å². The van der Waals surface area contributed by atoms with Crippen LogP contribution in [0, 0.1) is 0 Å². The number of pyridine rings is 1. The Morgan fingerprint density at radius 3 is 2.67 bits per heavy atom. The molecule has 144 valence electrons. The van der Waals surface area contributed by atoms with Gasteiger partial charge in [0, 0.05) is 30.1 Å². The van der Waals surface area contributed by atoms with Crippen molar-refractivity contribution in [2.45, 2.75) is 13.3 Å². The largest absolute Gasteiger partial charge is 0.497 e. The molecule has 0 spiro atoms. The first-order valence-electron chi connectivity index (χ1n) is 9.42. The van der Waals surface area contributed by atoms with Gasteiger partial charge >= 0.3 is 0 Å². The van der Waals surface area contributed by atoms with E-state index in [0.717, 1.165) is 70.9 Å². The summed E-state index contributed by atoms with van der Waals surface area (Å²) in [4.78, 5) is 5.02. The third kappa shape index (κ3) is 4.75. The van der Waals surface area contributed by atoms with Crippen molar-refractivity contribution >= 4 is 50.7 Å². The maximum Gasteiger partial charge on any atom is 0.214 e. The van der Waals surface area contributed by atoms with Gasteiger partial charge in [0.05, 0.1) is 49.1 Å². The van der Waals surface area contributed by atoms with Crippen LogP contribution in [0.1, 0.15) is 13.3 Å². The highest BCUT2D eigenvalue weighted by molar-refractivity contribution is 6.31. The molecule has 1 unspecified atom stereocenters. The fraction of sp³-hybridized carbons (Fsp3) is 0.381. The first-order chi connectivity index (χ1) is 13.2. The molecule has 3 aromatic rings. The van der Waals surface area contributed by atoms with Crippen molar-refractivity contribution in [3.63, 3.8) is 0 Å². The second-order valence-electron chi connectivity index (χ2n) is 6.67. The van der Waals surface area contributed by atoms with Crippen molar-refractivity contribution < 1.29 is 14.6 Å². The molecule has 0 saturated heterocycles. The summed E-state index contributed by atoms with van der Waals surface area (Å²) in [7, 11) is 1.69. The number of benzene rings is 2. The van der Waals surface area contributed by atoms with Gasteiger partial charge in [-0.1, -0.05) is 11.6 Å². The molecular formula is C21H27Cl2N3O+2. The minimum atomic E-state index is 0.709. The van der Waals surface area contributed by atoms with Gasteiger partial charge in [-0.2, -0.15) is 0 Å². The van der Waals surface area contributed by atoms with Crippen molar-refractivity contribution in [2.24, 2.45) is 0 Å². The molecule has 0 radical (unpaired) electrons. The third-order valence-electron chi connectivity index (χ3n) is 4.97. The van der Waals surface area contributed by atoms with E-state index in [2.05, 4.69) is 29.4 Å². The quantitative estimate of drug-likeness (QED) is 0.324. The SMILES string of the molecule is CC[NH+](CCCl)CCCNc1c2ccc(Cl)cc2[nH+]c2ccc(OC)cc12. The van der Waals surface area contributed by atoms with Gasteiger partial charge in [-0.05, 0) is 31.2 Å². The van der Waals surface area contributed by atoms with E-state index in [-0.39, 0.29) is 0 Å². The predicted molar refractivity (Wildman–Crippen MR) is 115 cm³/mol. The number of halogens is 2. The van der Waals surface area contributed by atoms with Crippen LogP contribution in [0.5, 0.6) is 5.75 Å². The molecule has 27 heavy (non-hydrogen) atoms. The minimum Gasteiger partial charge on any atom is -0.497 e. The molecule has 3 N–H and O–H groups in total. The van der Waals surface area contributed by atoms with Crippen LogP contribution < -0.4 is 19.9 Å². The second kappa shape index (κ2) is 9.45. The number of hydrogen-bond acceptors (Lipinski definition) is 2. The number of alkyl halides is 1. The van der Waals surface area contributed by atoms with E-state index in [9.17, 15) is 0 Å². The highest BCUT2D eigenvalue weighted by Crippen LogP contribution is 2.32. The number of rotatable bonds is 9. The van der Waals surface area contributed by atoms with Crippen molar-refractivity contribution in [3.8, 4) is 5.75 Å². The van der Waals surface area contributed by atoms with Crippen LogP contribution in [-0.4, -0.2) is 39.2 Å². The van der Waals surface area contributed by atoms with Crippen LogP contribution >= 0.6 is 23.2 Å². The molecule has 0 amide bonds. The molecule has 1 atom stereocenters. The fourth-order valence-electron chi connectivity index (χ4n) is 3.45. The maximum absolute atomic E-state index is 6.20. The number of nitrogens with one attached hydrogen (secondary N) is 3. The van der Waals surface area contributed by atoms with E-state index < -0.39 is 0 Å². The number of methoxy groups -OCH3 is 1. The third-order valence-corrected chi connectivity index (χ3v) is 5.40. The van der Waals surface area contributed by atoms with Crippen molar-refractivity contribution in [1.82, 2.24) is 0 Å². The zero-order chi connectivity index (χ0) is 19.2. The van der Waals surface area contributed by atoms with Gasteiger partial charge in [-0.3, -0.25) is 0 Å². The van der Waals surface area contributed by atoms with Crippen molar-refractivity contribution in [3.05, 3.63) is 41.4 Å². The lowest BCUT2D eigenvalue weighted by molar-refractivity contribution is -0.895. The summed E-state index contributed by atoms with van der Waals surface area (Å²) in [6.45, 7) is 6.34. The Morgan fingerprint density at radius 1 is 1.07 bits per heavy atom. The van der Waals surface area contributed by atoms with Crippen LogP contribution in [0.25, 0.3) is 21.8 Å². The number of aromatic amines is 1. The molecule has 6 heteroatoms. The van der Waals surface area contributed by atoms with Gasteiger partial charge in [0.15, 0.2) is 0 Å². The topological polar surface area (TPSA) is 39.8 Å². The molecule has 4 nitrogen and oxygen atoms in total. The zero-order valence-corrected chi connectivity index (χ0v) is 17.4. The lowest BCUT2D eigenvalue weighted by Gasteiger charge is -2.17. The van der Waals surface area contributed by atoms with E-state index in [1.807, 2.05) is 24.3 Å². The Kier molecular flexibility index (Phi) is 7.00. The molecule has 0 bridgehead atoms. The summed E-state index contributed by atoms with van der Waals surface area (Å²) in [5.74, 6) is 1.55. The van der Waals surface area contributed by atoms with Crippen molar-refractivity contribution in [1.29, 1.82) is 0 Å². The predicted octanol–water partition coefficient (Wildman–Crippen LogP) is 3.41. The van der Waals surface area contributed by atoms with Gasteiger partial charge in [0.25, 0.3) is 0 Å². The second-order valence-corrected chi connectivity index (χ2v) is 7.49. The molecular weight excluding hydrogens is 381 g/mol. The fourth-order valence-corrected chi connectivity index (χ4v) is 3.89. The number of aromatic nitrogens is 1. The summed E-state index contributed by atoms with van der Waals surface area (Å²) in [5.41, 5.74) is 3.19. The summed E-state index contributed by atoms with van der Waals surface area (Å²) < 4.78 is 5.43. The molecule has 0 saturated carbocycles. The Bertz CT molecular complexity index is 917. The maximum atomic E-state index is 6.20. The highest BCUT2D eigenvalue weighted by atomic mass is 35.5. The molecule has 3 rings (SSSR count). The van der Waals surface area contributed by atoms with E-state index >= 15 is 0 Å². The first kappa shape index (κ1) is 20.0. The molecule has 0 fully saturated rings. The van der Waals surface area contributed by atoms with Gasteiger partial charge in [-0.25, -0.2) is 4.98 Å². The summed E-state index contributed by atoms with van der Waals surface area (Å²) in [6, 6.07) is 12.0. The number of ether oxygens (including phenoxy) is 1. The molecule has 1 heterocycles. The Labute approximate surface area is 170 Å². The molecule has 0 aliphatic rings. The number of H-pyrrole nitrogens is 1. The minimum absolute atomic E-state index is 0.709. The van der Waals surface area contributed by atoms with Crippen LogP contribution in [0.2, 0.25) is 5.02 Å². The molecule has 0 aliphatic carbocycles. The number of fused-ring (bicyclic) bond motifs is 2. The number of hydrogen-bond donors (Lipinski definition) is 2. The van der Waals surface area contributed by atoms with E-state index in [4.69, 9.17) is 27.9 Å². The average Bonchev–Trinajstić information content (AvgIpc) is 2.68. The highest BCUT2D eigenvalue weighted by Gasteiger charge is 2.15. The number of anilines is 1. The van der Waals surface area contributed by atoms with Gasteiger partial charge in [-0.15, -0.1) is 11.6 Å². The molecule has 0 aliphatic heterocycles. The normalized spacial score (nSPS) is 12.4. The van der Waals surface area contributed by atoms with Gasteiger partial charge in [0.2, 0.25) is 11.0 Å². The lowest BCUT2D eigenvalue weighted by atomic mass is 10.1. The molecule has 1 aromatic heterocycles. The van der Waals surface area contributed by atoms with Gasteiger partial charge in [0.1, 0.15) is 5.75 Å². The van der Waals surface area contributed by atoms with Crippen LogP contribution in [-0.2, 0) is 0 Å². The number of quaternary nitrogens is 1.